The van der Waals surface area contributed by atoms with Gasteiger partial charge in [0.15, 0.2) is 5.82 Å². The SMILES string of the molecule is COC(=O)c1cccc(Cn2cc(Br)nc(NC3(c4ccccc4OCc4ccccc4)CC3)c2=O)c1. The Morgan fingerprint density at radius 3 is 2.51 bits per heavy atom. The van der Waals surface area contributed by atoms with Crippen molar-refractivity contribution in [3.63, 3.8) is 0 Å². The van der Waals surface area contributed by atoms with Gasteiger partial charge >= 0.3 is 5.97 Å². The first-order chi connectivity index (χ1) is 18.0. The van der Waals surface area contributed by atoms with Crippen molar-refractivity contribution in [3.05, 3.63) is 122 Å². The molecule has 0 spiro atoms. The van der Waals surface area contributed by atoms with Crippen molar-refractivity contribution in [2.45, 2.75) is 31.5 Å². The molecule has 0 amide bonds. The second-order valence-electron chi connectivity index (χ2n) is 9.01. The molecular weight excluding hydrogens is 534 g/mol. The van der Waals surface area contributed by atoms with E-state index in [9.17, 15) is 9.59 Å². The minimum atomic E-state index is -0.428. The van der Waals surface area contributed by atoms with E-state index >= 15 is 0 Å². The number of anilines is 1. The van der Waals surface area contributed by atoms with E-state index in [-0.39, 0.29) is 17.9 Å². The number of aromatic nitrogens is 2. The number of para-hydroxylation sites is 1. The monoisotopic (exact) mass is 559 g/mol. The maximum absolute atomic E-state index is 13.4. The number of nitrogens with zero attached hydrogens (tertiary/aromatic N) is 2. The van der Waals surface area contributed by atoms with Crippen LogP contribution in [0.4, 0.5) is 5.82 Å². The standard InChI is InChI=1S/C29H26BrN3O4/c1-36-28(35)22-11-7-10-21(16-22)17-33-18-25(30)31-26(27(33)34)32-29(14-15-29)23-12-5-6-13-24(23)37-19-20-8-3-2-4-9-20/h2-13,16,18H,14-15,17,19H2,1H3,(H,31,32). The van der Waals surface area contributed by atoms with Crippen molar-refractivity contribution in [2.75, 3.05) is 12.4 Å². The maximum atomic E-state index is 13.4. The van der Waals surface area contributed by atoms with Gasteiger partial charge in [0.05, 0.1) is 24.8 Å². The predicted molar refractivity (Wildman–Crippen MR) is 145 cm³/mol. The Hall–Kier alpha value is -3.91. The number of methoxy groups -OCH3 is 1. The summed E-state index contributed by atoms with van der Waals surface area (Å²) in [6.45, 7) is 0.740. The molecule has 0 unspecified atom stereocenters. The molecule has 1 aliphatic carbocycles. The highest BCUT2D eigenvalue weighted by molar-refractivity contribution is 9.10. The Bertz CT molecular complexity index is 1480. The van der Waals surface area contributed by atoms with Gasteiger partial charge in [0.25, 0.3) is 5.56 Å². The highest BCUT2D eigenvalue weighted by Gasteiger charge is 2.47. The molecule has 0 bridgehead atoms. The highest BCUT2D eigenvalue weighted by Crippen LogP contribution is 2.51. The fourth-order valence-electron chi connectivity index (χ4n) is 4.35. The van der Waals surface area contributed by atoms with E-state index in [0.29, 0.717) is 16.8 Å². The summed E-state index contributed by atoms with van der Waals surface area (Å²) in [5.74, 6) is 0.622. The Morgan fingerprint density at radius 2 is 1.76 bits per heavy atom. The van der Waals surface area contributed by atoms with Crippen molar-refractivity contribution in [2.24, 2.45) is 0 Å². The first-order valence-electron chi connectivity index (χ1n) is 12.0. The molecule has 0 aliphatic heterocycles. The number of halogens is 1. The lowest BCUT2D eigenvalue weighted by Crippen LogP contribution is -2.30. The van der Waals surface area contributed by atoms with Gasteiger partial charge in [0.2, 0.25) is 0 Å². The van der Waals surface area contributed by atoms with Crippen molar-refractivity contribution in [1.82, 2.24) is 9.55 Å². The fourth-order valence-corrected chi connectivity index (χ4v) is 4.78. The average molecular weight is 560 g/mol. The lowest BCUT2D eigenvalue weighted by molar-refractivity contribution is 0.0600. The molecule has 1 fully saturated rings. The molecule has 0 radical (unpaired) electrons. The van der Waals surface area contributed by atoms with E-state index in [1.807, 2.05) is 60.7 Å². The smallest absolute Gasteiger partial charge is 0.337 e. The second-order valence-corrected chi connectivity index (χ2v) is 9.83. The van der Waals surface area contributed by atoms with Gasteiger partial charge in [0.1, 0.15) is 17.0 Å². The third-order valence-corrected chi connectivity index (χ3v) is 6.77. The number of benzene rings is 3. The van der Waals surface area contributed by atoms with Crippen molar-refractivity contribution in [1.29, 1.82) is 0 Å². The number of hydrogen-bond donors (Lipinski definition) is 1. The number of hydrogen-bond acceptors (Lipinski definition) is 6. The van der Waals surface area contributed by atoms with Crippen LogP contribution >= 0.6 is 15.9 Å². The summed E-state index contributed by atoms with van der Waals surface area (Å²) in [5.41, 5.74) is 2.65. The Balaban J connectivity index is 1.40. The van der Waals surface area contributed by atoms with Gasteiger partial charge in [-0.1, -0.05) is 60.7 Å². The number of rotatable bonds is 9. The van der Waals surface area contributed by atoms with Crippen LogP contribution in [0.15, 0.2) is 94.5 Å². The molecule has 1 aliphatic rings. The fraction of sp³-hybridized carbons (Fsp3) is 0.207. The summed E-state index contributed by atoms with van der Waals surface area (Å²) in [4.78, 5) is 29.8. The third kappa shape index (κ3) is 5.59. The third-order valence-electron chi connectivity index (χ3n) is 6.39. The molecule has 1 aromatic heterocycles. The van der Waals surface area contributed by atoms with Crippen molar-refractivity contribution >= 4 is 27.7 Å². The van der Waals surface area contributed by atoms with Crippen LogP contribution in [0, 0.1) is 0 Å². The Morgan fingerprint density at radius 1 is 1.03 bits per heavy atom. The van der Waals surface area contributed by atoms with E-state index in [1.165, 1.54) is 7.11 Å². The average Bonchev–Trinajstić information content (AvgIpc) is 3.71. The zero-order chi connectivity index (χ0) is 25.8. The van der Waals surface area contributed by atoms with E-state index < -0.39 is 11.5 Å². The zero-order valence-electron chi connectivity index (χ0n) is 20.3. The van der Waals surface area contributed by atoms with Crippen LogP contribution in [0.3, 0.4) is 0 Å². The minimum absolute atomic E-state index is 0.249. The molecule has 0 atom stereocenters. The van der Waals surface area contributed by atoms with Crippen LogP contribution in [0.25, 0.3) is 0 Å². The van der Waals surface area contributed by atoms with Crippen LogP contribution in [-0.2, 0) is 23.4 Å². The first-order valence-corrected chi connectivity index (χ1v) is 12.8. The van der Waals surface area contributed by atoms with Gasteiger partial charge in [-0.15, -0.1) is 0 Å². The topological polar surface area (TPSA) is 82.5 Å². The van der Waals surface area contributed by atoms with Crippen LogP contribution in [0.2, 0.25) is 0 Å². The van der Waals surface area contributed by atoms with Gasteiger partial charge < -0.3 is 19.4 Å². The number of carbonyl (C=O) groups is 1. The maximum Gasteiger partial charge on any atom is 0.337 e. The van der Waals surface area contributed by atoms with Crippen molar-refractivity contribution < 1.29 is 14.3 Å². The number of nitrogens with one attached hydrogen (secondary N) is 1. The van der Waals surface area contributed by atoms with Crippen LogP contribution in [-0.4, -0.2) is 22.6 Å². The summed E-state index contributed by atoms with van der Waals surface area (Å²) >= 11 is 3.45. The quantitative estimate of drug-likeness (QED) is 0.272. The number of esters is 1. The molecule has 188 valence electrons. The largest absolute Gasteiger partial charge is 0.489 e. The molecule has 4 aromatic rings. The number of ether oxygens (including phenoxy) is 2. The van der Waals surface area contributed by atoms with E-state index in [4.69, 9.17) is 9.47 Å². The first kappa shape index (κ1) is 24.8. The van der Waals surface area contributed by atoms with E-state index in [2.05, 4.69) is 26.2 Å². The van der Waals surface area contributed by atoms with E-state index in [1.54, 1.807) is 29.0 Å². The molecule has 0 saturated heterocycles. The second kappa shape index (κ2) is 10.6. The summed E-state index contributed by atoms with van der Waals surface area (Å²) in [5, 5.41) is 3.43. The minimum Gasteiger partial charge on any atom is -0.489 e. The molecular formula is C29H26BrN3O4. The zero-order valence-corrected chi connectivity index (χ0v) is 21.9. The molecule has 7 nitrogen and oxygen atoms in total. The van der Waals surface area contributed by atoms with Crippen LogP contribution in [0.1, 0.15) is 39.9 Å². The van der Waals surface area contributed by atoms with Gasteiger partial charge in [-0.05, 0) is 58.1 Å². The predicted octanol–water partition coefficient (Wildman–Crippen LogP) is 5.52. The summed E-state index contributed by atoms with van der Waals surface area (Å²) in [6.07, 6.45) is 3.36. The van der Waals surface area contributed by atoms with Crippen LogP contribution in [0.5, 0.6) is 5.75 Å². The molecule has 1 heterocycles. The van der Waals surface area contributed by atoms with Gasteiger partial charge in [0, 0.05) is 11.8 Å². The van der Waals surface area contributed by atoms with Crippen LogP contribution < -0.4 is 15.6 Å². The molecule has 3 aromatic carbocycles. The lowest BCUT2D eigenvalue weighted by atomic mass is 10.0. The molecule has 8 heteroatoms. The molecule has 5 rings (SSSR count). The molecule has 37 heavy (non-hydrogen) atoms. The summed E-state index contributed by atoms with van der Waals surface area (Å²) in [7, 11) is 1.34. The Kier molecular flexibility index (Phi) is 7.10. The lowest BCUT2D eigenvalue weighted by Gasteiger charge is -2.22. The van der Waals surface area contributed by atoms with Gasteiger partial charge in [-0.25, -0.2) is 9.78 Å². The van der Waals surface area contributed by atoms with Crippen molar-refractivity contribution in [3.8, 4) is 5.75 Å². The normalized spacial score (nSPS) is 13.6. The van der Waals surface area contributed by atoms with E-state index in [0.717, 1.165) is 35.3 Å². The summed E-state index contributed by atoms with van der Waals surface area (Å²) < 4.78 is 13.1. The number of carbonyl (C=O) groups excluding carboxylic acids is 1. The molecule has 1 saturated carbocycles. The molecule has 1 N–H and O–H groups in total. The van der Waals surface area contributed by atoms with Gasteiger partial charge in [-0.2, -0.15) is 0 Å². The highest BCUT2D eigenvalue weighted by atomic mass is 79.9. The van der Waals surface area contributed by atoms with Gasteiger partial charge in [-0.3, -0.25) is 4.79 Å². The Labute approximate surface area is 223 Å². The summed E-state index contributed by atoms with van der Waals surface area (Å²) in [6, 6.07) is 25.0.